The molecule has 0 atom stereocenters. The molecule has 0 unspecified atom stereocenters. The molecule has 0 aliphatic rings. The highest BCUT2D eigenvalue weighted by atomic mass is 16.6. The van der Waals surface area contributed by atoms with E-state index in [4.69, 9.17) is 0 Å². The number of nitro benzene ring substituents is 1. The second-order valence-electron chi connectivity index (χ2n) is 5.00. The first-order valence-corrected chi connectivity index (χ1v) is 6.34. The Balaban J connectivity index is 2.19. The number of hydrogen-bond acceptors (Lipinski definition) is 4. The van der Waals surface area contributed by atoms with Gasteiger partial charge < -0.3 is 5.32 Å². The van der Waals surface area contributed by atoms with Gasteiger partial charge in [-0.3, -0.25) is 19.6 Å². The highest BCUT2D eigenvalue weighted by molar-refractivity contribution is 5.83. The van der Waals surface area contributed by atoms with Gasteiger partial charge in [0.2, 0.25) is 5.91 Å². The van der Waals surface area contributed by atoms with Crippen LogP contribution in [-0.4, -0.2) is 27.2 Å². The number of amides is 1. The lowest BCUT2D eigenvalue weighted by Crippen LogP contribution is -2.30. The van der Waals surface area contributed by atoms with Crippen LogP contribution in [0, 0.1) is 16.0 Å². The van der Waals surface area contributed by atoms with Crippen molar-refractivity contribution in [2.24, 2.45) is 5.92 Å². The van der Waals surface area contributed by atoms with Crippen molar-refractivity contribution in [2.75, 3.05) is 6.54 Å². The Bertz CT molecular complexity index is 648. The molecular formula is C13H16N4O3. The number of non-ortho nitro benzene ring substituents is 1. The summed E-state index contributed by atoms with van der Waals surface area (Å²) >= 11 is 0. The van der Waals surface area contributed by atoms with E-state index in [1.807, 2.05) is 13.8 Å². The van der Waals surface area contributed by atoms with Crippen molar-refractivity contribution in [1.29, 1.82) is 0 Å². The summed E-state index contributed by atoms with van der Waals surface area (Å²) in [5, 5.41) is 18.4. The van der Waals surface area contributed by atoms with Gasteiger partial charge in [0.25, 0.3) is 5.69 Å². The highest BCUT2D eigenvalue weighted by Gasteiger charge is 2.12. The number of nitro groups is 1. The third-order valence-electron chi connectivity index (χ3n) is 2.84. The lowest BCUT2D eigenvalue weighted by Gasteiger charge is -2.08. The second kappa shape index (κ2) is 5.68. The highest BCUT2D eigenvalue weighted by Crippen LogP contribution is 2.20. The van der Waals surface area contributed by atoms with Crippen LogP contribution in [0.1, 0.15) is 13.8 Å². The first-order valence-electron chi connectivity index (χ1n) is 6.34. The quantitative estimate of drug-likeness (QED) is 0.665. The summed E-state index contributed by atoms with van der Waals surface area (Å²) in [6.07, 6.45) is 1.59. The van der Waals surface area contributed by atoms with Crippen molar-refractivity contribution in [2.45, 2.75) is 20.4 Å². The Kier molecular flexibility index (Phi) is 3.97. The van der Waals surface area contributed by atoms with E-state index in [0.29, 0.717) is 18.0 Å². The summed E-state index contributed by atoms with van der Waals surface area (Å²) in [6.45, 7) is 4.66. The fraction of sp³-hybridized carbons (Fsp3) is 0.385. The van der Waals surface area contributed by atoms with Crippen molar-refractivity contribution >= 4 is 22.5 Å². The maximum absolute atomic E-state index is 11.8. The summed E-state index contributed by atoms with van der Waals surface area (Å²) < 4.78 is 1.47. The SMILES string of the molecule is CC(C)CNC(=O)Cn1ncc2ccc([N+](=O)[O-])cc21. The molecule has 0 saturated heterocycles. The lowest BCUT2D eigenvalue weighted by atomic mass is 10.2. The van der Waals surface area contributed by atoms with Gasteiger partial charge in [-0.15, -0.1) is 0 Å². The molecule has 0 bridgehead atoms. The van der Waals surface area contributed by atoms with Crippen LogP contribution in [0.5, 0.6) is 0 Å². The van der Waals surface area contributed by atoms with Crippen molar-refractivity contribution in [3.05, 3.63) is 34.5 Å². The standard InChI is InChI=1S/C13H16N4O3/c1-9(2)6-14-13(18)8-16-12-5-11(17(19)20)4-3-10(12)7-15-16/h3-5,7,9H,6,8H2,1-2H3,(H,14,18). The van der Waals surface area contributed by atoms with Crippen molar-refractivity contribution in [1.82, 2.24) is 15.1 Å². The van der Waals surface area contributed by atoms with E-state index in [9.17, 15) is 14.9 Å². The maximum Gasteiger partial charge on any atom is 0.271 e. The van der Waals surface area contributed by atoms with Gasteiger partial charge >= 0.3 is 0 Å². The van der Waals surface area contributed by atoms with Gasteiger partial charge in [0.1, 0.15) is 6.54 Å². The predicted octanol–water partition coefficient (Wildman–Crippen LogP) is 1.72. The van der Waals surface area contributed by atoms with Gasteiger partial charge in [-0.05, 0) is 12.0 Å². The normalized spacial score (nSPS) is 10.9. The molecule has 7 nitrogen and oxygen atoms in total. The Morgan fingerprint density at radius 3 is 2.90 bits per heavy atom. The number of benzene rings is 1. The Labute approximate surface area is 115 Å². The number of carbonyl (C=O) groups excluding carboxylic acids is 1. The number of nitrogens with one attached hydrogen (secondary N) is 1. The van der Waals surface area contributed by atoms with E-state index in [0.717, 1.165) is 5.39 Å². The van der Waals surface area contributed by atoms with Crippen LogP contribution in [0.2, 0.25) is 0 Å². The number of rotatable bonds is 5. The van der Waals surface area contributed by atoms with Crippen molar-refractivity contribution < 1.29 is 9.72 Å². The largest absolute Gasteiger partial charge is 0.354 e. The number of fused-ring (bicyclic) bond motifs is 1. The maximum atomic E-state index is 11.8. The molecule has 0 saturated carbocycles. The smallest absolute Gasteiger partial charge is 0.271 e. The predicted molar refractivity (Wildman–Crippen MR) is 74.2 cm³/mol. The molecule has 0 aliphatic heterocycles. The van der Waals surface area contributed by atoms with E-state index < -0.39 is 4.92 Å². The van der Waals surface area contributed by atoms with E-state index in [1.54, 1.807) is 12.3 Å². The zero-order valence-corrected chi connectivity index (χ0v) is 11.4. The topological polar surface area (TPSA) is 90.1 Å². The summed E-state index contributed by atoms with van der Waals surface area (Å²) in [5.41, 5.74) is 0.570. The zero-order chi connectivity index (χ0) is 14.7. The van der Waals surface area contributed by atoms with Crippen LogP contribution in [0.4, 0.5) is 5.69 Å². The number of hydrogen-bond donors (Lipinski definition) is 1. The molecule has 0 radical (unpaired) electrons. The molecule has 1 N–H and O–H groups in total. The summed E-state index contributed by atoms with van der Waals surface area (Å²) in [5.74, 6) is 0.213. The first-order chi connectivity index (χ1) is 9.47. The van der Waals surface area contributed by atoms with Gasteiger partial charge in [-0.2, -0.15) is 5.10 Å². The van der Waals surface area contributed by atoms with Crippen LogP contribution in [-0.2, 0) is 11.3 Å². The van der Waals surface area contributed by atoms with Crippen LogP contribution >= 0.6 is 0 Å². The molecule has 7 heteroatoms. The molecule has 0 fully saturated rings. The summed E-state index contributed by atoms with van der Waals surface area (Å²) in [7, 11) is 0. The summed E-state index contributed by atoms with van der Waals surface area (Å²) in [4.78, 5) is 22.1. The molecule has 1 aromatic carbocycles. The third kappa shape index (κ3) is 3.11. The van der Waals surface area contributed by atoms with Crippen LogP contribution in [0.15, 0.2) is 24.4 Å². The van der Waals surface area contributed by atoms with Crippen LogP contribution in [0.3, 0.4) is 0 Å². The molecule has 2 aromatic rings. The first kappa shape index (κ1) is 14.0. The molecule has 1 amide bonds. The summed E-state index contributed by atoms with van der Waals surface area (Å²) in [6, 6.07) is 4.48. The number of nitrogens with zero attached hydrogens (tertiary/aromatic N) is 3. The van der Waals surface area contributed by atoms with E-state index in [1.165, 1.54) is 16.8 Å². The van der Waals surface area contributed by atoms with E-state index in [2.05, 4.69) is 10.4 Å². The van der Waals surface area contributed by atoms with Crippen molar-refractivity contribution in [3.63, 3.8) is 0 Å². The molecule has 106 valence electrons. The van der Waals surface area contributed by atoms with E-state index in [-0.39, 0.29) is 18.1 Å². The zero-order valence-electron chi connectivity index (χ0n) is 11.4. The minimum Gasteiger partial charge on any atom is -0.354 e. The molecule has 0 spiro atoms. The molecule has 2 rings (SSSR count). The minimum atomic E-state index is -0.463. The van der Waals surface area contributed by atoms with Gasteiger partial charge in [0, 0.05) is 24.1 Å². The Hall–Kier alpha value is -2.44. The van der Waals surface area contributed by atoms with Crippen LogP contribution < -0.4 is 5.32 Å². The second-order valence-corrected chi connectivity index (χ2v) is 5.00. The Morgan fingerprint density at radius 1 is 1.50 bits per heavy atom. The number of aromatic nitrogens is 2. The van der Waals surface area contributed by atoms with Crippen molar-refractivity contribution in [3.8, 4) is 0 Å². The molecular weight excluding hydrogens is 260 g/mol. The molecule has 20 heavy (non-hydrogen) atoms. The Morgan fingerprint density at radius 2 is 2.25 bits per heavy atom. The van der Waals surface area contributed by atoms with Gasteiger partial charge in [0.15, 0.2) is 0 Å². The minimum absolute atomic E-state index is 0.0122. The monoisotopic (exact) mass is 276 g/mol. The van der Waals surface area contributed by atoms with Crippen LogP contribution in [0.25, 0.3) is 10.9 Å². The molecule has 1 aromatic heterocycles. The van der Waals surface area contributed by atoms with Gasteiger partial charge in [0.05, 0.1) is 16.6 Å². The average Bonchev–Trinajstić information content (AvgIpc) is 2.79. The van der Waals surface area contributed by atoms with Gasteiger partial charge in [-0.1, -0.05) is 13.8 Å². The third-order valence-corrected chi connectivity index (χ3v) is 2.84. The fourth-order valence-corrected chi connectivity index (χ4v) is 1.81. The lowest BCUT2D eigenvalue weighted by molar-refractivity contribution is -0.384. The molecule has 0 aliphatic carbocycles. The van der Waals surface area contributed by atoms with E-state index >= 15 is 0 Å². The number of carbonyl (C=O) groups is 1. The van der Waals surface area contributed by atoms with Gasteiger partial charge in [-0.25, -0.2) is 0 Å². The average molecular weight is 276 g/mol. The fourth-order valence-electron chi connectivity index (χ4n) is 1.81. The molecule has 1 heterocycles.